The zero-order valence-electron chi connectivity index (χ0n) is 13.9. The van der Waals surface area contributed by atoms with Gasteiger partial charge in [0.15, 0.2) is 0 Å². The summed E-state index contributed by atoms with van der Waals surface area (Å²) >= 11 is 0. The van der Waals surface area contributed by atoms with E-state index in [4.69, 9.17) is 5.73 Å². The molecule has 23 heavy (non-hydrogen) atoms. The average molecular weight is 312 g/mol. The maximum Gasteiger partial charge on any atom is 0.226 e. The number of nitrogens with zero attached hydrogens (tertiary/aromatic N) is 1. The first kappa shape index (κ1) is 15.2. The molecule has 0 bridgehead atoms. The van der Waals surface area contributed by atoms with Crippen LogP contribution in [0.4, 0.5) is 0 Å². The molecule has 0 aromatic heterocycles. The van der Waals surface area contributed by atoms with Crippen LogP contribution in [0.2, 0.25) is 0 Å². The Bertz CT molecular complexity index is 581. The topological polar surface area (TPSA) is 46.3 Å². The Hall–Kier alpha value is -1.35. The van der Waals surface area contributed by atoms with Gasteiger partial charge in [-0.05, 0) is 61.5 Å². The highest BCUT2D eigenvalue weighted by Gasteiger charge is 2.47. The third-order valence-electron chi connectivity index (χ3n) is 6.13. The predicted molar refractivity (Wildman–Crippen MR) is 92.3 cm³/mol. The second-order valence-corrected chi connectivity index (χ2v) is 7.72. The number of benzene rings is 1. The number of nitrogens with two attached hydrogens (primary N) is 1. The van der Waals surface area contributed by atoms with Crippen LogP contribution in [0.3, 0.4) is 0 Å². The monoisotopic (exact) mass is 312 g/mol. The van der Waals surface area contributed by atoms with Crippen molar-refractivity contribution < 1.29 is 4.79 Å². The third kappa shape index (κ3) is 3.03. The quantitative estimate of drug-likeness (QED) is 0.930. The van der Waals surface area contributed by atoms with Crippen molar-refractivity contribution in [3.8, 4) is 0 Å². The lowest BCUT2D eigenvalue weighted by atomic mass is 9.77. The number of amides is 1. The average Bonchev–Trinajstić information content (AvgIpc) is 3.30. The van der Waals surface area contributed by atoms with E-state index in [1.807, 2.05) is 0 Å². The molecule has 1 aromatic rings. The summed E-state index contributed by atoms with van der Waals surface area (Å²) in [5, 5.41) is 0. The minimum atomic E-state index is 0.227. The number of likely N-dealkylation sites (tertiary alicyclic amines) is 1. The molecule has 2 saturated carbocycles. The lowest BCUT2D eigenvalue weighted by molar-refractivity contribution is -0.132. The van der Waals surface area contributed by atoms with Gasteiger partial charge in [0.1, 0.15) is 0 Å². The SMILES string of the molecule is NC1CCCN(C(=O)C2CC2c2ccccc2C2CCC2)CC1. The normalized spacial score (nSPS) is 31.3. The summed E-state index contributed by atoms with van der Waals surface area (Å²) in [7, 11) is 0. The van der Waals surface area contributed by atoms with Crippen molar-refractivity contribution in [1.82, 2.24) is 4.90 Å². The molecular weight excluding hydrogens is 284 g/mol. The summed E-state index contributed by atoms with van der Waals surface area (Å²) in [6.07, 6.45) is 8.14. The van der Waals surface area contributed by atoms with Crippen molar-refractivity contribution in [2.45, 2.75) is 62.8 Å². The number of carbonyl (C=O) groups excluding carboxylic acids is 1. The molecule has 3 heteroatoms. The van der Waals surface area contributed by atoms with Crippen LogP contribution in [-0.4, -0.2) is 29.9 Å². The van der Waals surface area contributed by atoms with E-state index in [0.29, 0.717) is 11.8 Å². The zero-order chi connectivity index (χ0) is 15.8. The molecule has 1 amide bonds. The fourth-order valence-corrected chi connectivity index (χ4v) is 4.33. The first-order valence-corrected chi connectivity index (χ1v) is 9.37. The fourth-order valence-electron chi connectivity index (χ4n) is 4.33. The highest BCUT2D eigenvalue weighted by atomic mass is 16.2. The molecule has 2 aliphatic carbocycles. The highest BCUT2D eigenvalue weighted by molar-refractivity contribution is 5.83. The molecule has 1 saturated heterocycles. The van der Waals surface area contributed by atoms with E-state index in [9.17, 15) is 4.79 Å². The first-order chi connectivity index (χ1) is 11.2. The van der Waals surface area contributed by atoms with Gasteiger partial charge in [0.05, 0.1) is 0 Å². The van der Waals surface area contributed by atoms with Crippen molar-refractivity contribution in [2.24, 2.45) is 11.7 Å². The Morgan fingerprint density at radius 2 is 1.78 bits per heavy atom. The summed E-state index contributed by atoms with van der Waals surface area (Å²) in [6.45, 7) is 1.76. The second-order valence-electron chi connectivity index (χ2n) is 7.72. The minimum absolute atomic E-state index is 0.227. The summed E-state index contributed by atoms with van der Waals surface area (Å²) in [5.74, 6) is 1.83. The van der Waals surface area contributed by atoms with Crippen LogP contribution in [0.25, 0.3) is 0 Å². The standard InChI is InChI=1S/C20H28N2O/c21-15-7-4-11-22(12-10-15)20(23)19-13-18(19)17-9-2-1-8-16(17)14-5-3-6-14/h1-2,8-9,14-15,18-19H,3-7,10-13,21H2. The number of hydrogen-bond donors (Lipinski definition) is 1. The first-order valence-electron chi connectivity index (χ1n) is 9.37. The van der Waals surface area contributed by atoms with Crippen LogP contribution in [0.5, 0.6) is 0 Å². The second kappa shape index (κ2) is 6.27. The van der Waals surface area contributed by atoms with Gasteiger partial charge in [-0.25, -0.2) is 0 Å². The van der Waals surface area contributed by atoms with Crippen LogP contribution in [0.15, 0.2) is 24.3 Å². The molecule has 0 radical (unpaired) electrons. The Balaban J connectivity index is 1.44. The van der Waals surface area contributed by atoms with Crippen LogP contribution in [0, 0.1) is 5.92 Å². The van der Waals surface area contributed by atoms with Gasteiger partial charge < -0.3 is 10.6 Å². The molecular formula is C20H28N2O. The van der Waals surface area contributed by atoms with Gasteiger partial charge in [0, 0.05) is 25.0 Å². The van der Waals surface area contributed by atoms with E-state index in [1.165, 1.54) is 30.4 Å². The maximum atomic E-state index is 12.9. The van der Waals surface area contributed by atoms with Gasteiger partial charge in [-0.1, -0.05) is 30.7 Å². The van der Waals surface area contributed by atoms with Gasteiger partial charge in [-0.3, -0.25) is 4.79 Å². The Morgan fingerprint density at radius 1 is 1.00 bits per heavy atom. The van der Waals surface area contributed by atoms with Gasteiger partial charge in [0.25, 0.3) is 0 Å². The molecule has 124 valence electrons. The van der Waals surface area contributed by atoms with Crippen LogP contribution in [0.1, 0.15) is 67.9 Å². The Kier molecular flexibility index (Phi) is 4.14. The Morgan fingerprint density at radius 3 is 2.52 bits per heavy atom. The molecule has 1 heterocycles. The maximum absolute atomic E-state index is 12.9. The fraction of sp³-hybridized carbons (Fsp3) is 0.650. The highest BCUT2D eigenvalue weighted by Crippen LogP contribution is 2.52. The van der Waals surface area contributed by atoms with Gasteiger partial charge in [-0.15, -0.1) is 0 Å². The molecule has 3 fully saturated rings. The molecule has 3 atom stereocenters. The smallest absolute Gasteiger partial charge is 0.226 e. The minimum Gasteiger partial charge on any atom is -0.342 e. The molecule has 0 spiro atoms. The van der Waals surface area contributed by atoms with E-state index < -0.39 is 0 Å². The lowest BCUT2D eigenvalue weighted by Gasteiger charge is -2.28. The number of carbonyl (C=O) groups is 1. The van der Waals surface area contributed by atoms with Gasteiger partial charge >= 0.3 is 0 Å². The molecule has 3 nitrogen and oxygen atoms in total. The summed E-state index contributed by atoms with van der Waals surface area (Å²) in [5.41, 5.74) is 9.03. The molecule has 2 N–H and O–H groups in total. The van der Waals surface area contributed by atoms with E-state index in [-0.39, 0.29) is 12.0 Å². The third-order valence-corrected chi connectivity index (χ3v) is 6.13. The van der Waals surface area contributed by atoms with Crippen LogP contribution < -0.4 is 5.73 Å². The molecule has 3 unspecified atom stereocenters. The number of rotatable bonds is 3. The van der Waals surface area contributed by atoms with Crippen molar-refractivity contribution in [1.29, 1.82) is 0 Å². The summed E-state index contributed by atoms with van der Waals surface area (Å²) < 4.78 is 0. The molecule has 1 aliphatic heterocycles. The van der Waals surface area contributed by atoms with Gasteiger partial charge in [-0.2, -0.15) is 0 Å². The largest absolute Gasteiger partial charge is 0.342 e. The predicted octanol–water partition coefficient (Wildman–Crippen LogP) is 3.40. The molecule has 4 rings (SSSR count). The summed E-state index contributed by atoms with van der Waals surface area (Å²) in [4.78, 5) is 14.9. The zero-order valence-corrected chi connectivity index (χ0v) is 13.9. The molecule has 1 aromatic carbocycles. The molecule has 3 aliphatic rings. The van der Waals surface area contributed by atoms with E-state index in [1.54, 1.807) is 0 Å². The van der Waals surface area contributed by atoms with Crippen molar-refractivity contribution >= 4 is 5.91 Å². The van der Waals surface area contributed by atoms with Crippen molar-refractivity contribution in [2.75, 3.05) is 13.1 Å². The van der Waals surface area contributed by atoms with Gasteiger partial charge in [0.2, 0.25) is 5.91 Å². The van der Waals surface area contributed by atoms with E-state index in [2.05, 4.69) is 29.2 Å². The summed E-state index contributed by atoms with van der Waals surface area (Å²) in [6, 6.07) is 9.14. The van der Waals surface area contributed by atoms with E-state index in [0.717, 1.165) is 44.7 Å². The van der Waals surface area contributed by atoms with Crippen LogP contribution >= 0.6 is 0 Å². The van der Waals surface area contributed by atoms with E-state index >= 15 is 0 Å². The van der Waals surface area contributed by atoms with Crippen molar-refractivity contribution in [3.05, 3.63) is 35.4 Å². The number of hydrogen-bond acceptors (Lipinski definition) is 2. The lowest BCUT2D eigenvalue weighted by Crippen LogP contribution is -2.34. The van der Waals surface area contributed by atoms with Crippen molar-refractivity contribution in [3.63, 3.8) is 0 Å². The van der Waals surface area contributed by atoms with Crippen LogP contribution in [-0.2, 0) is 4.79 Å². The Labute approximate surface area is 139 Å².